The third-order valence-electron chi connectivity index (χ3n) is 3.39. The molecule has 1 aromatic carbocycles. The van der Waals surface area contributed by atoms with Crippen molar-refractivity contribution in [3.05, 3.63) is 28.8 Å². The van der Waals surface area contributed by atoms with Gasteiger partial charge in [-0.05, 0) is 18.2 Å². The molecule has 0 unspecified atom stereocenters. The highest BCUT2D eigenvalue weighted by Gasteiger charge is 2.24. The normalized spacial score (nSPS) is 15.0. The second-order valence-corrected chi connectivity index (χ2v) is 5.32. The number of carbonyl (C=O) groups is 1. The lowest BCUT2D eigenvalue weighted by atomic mass is 10.1. The van der Waals surface area contributed by atoms with Gasteiger partial charge in [0.1, 0.15) is 12.4 Å². The number of hydrogen-bond donors (Lipinski definition) is 1. The molecule has 0 aromatic heterocycles. The number of nitrogens with zero attached hydrogens (tertiary/aromatic N) is 1. The highest BCUT2D eigenvalue weighted by atomic mass is 35.5. The quantitative estimate of drug-likeness (QED) is 0.614. The van der Waals surface area contributed by atoms with Gasteiger partial charge < -0.3 is 26.9 Å². The summed E-state index contributed by atoms with van der Waals surface area (Å²) < 4.78 is 5.43. The van der Waals surface area contributed by atoms with Gasteiger partial charge in [-0.3, -0.25) is 4.79 Å². The number of ether oxygens (including phenoxy) is 1. The summed E-state index contributed by atoms with van der Waals surface area (Å²) in [5.41, 5.74) is 0.479. The van der Waals surface area contributed by atoms with E-state index in [0.717, 1.165) is 26.2 Å². The zero-order chi connectivity index (χ0) is 14.5. The average molecular weight is 329 g/mol. The van der Waals surface area contributed by atoms with Gasteiger partial charge >= 0.3 is 0 Å². The monoisotopic (exact) mass is 328 g/mol. The minimum Gasteiger partial charge on any atom is -1.00 e. The zero-order valence-corrected chi connectivity index (χ0v) is 13.4. The molecule has 21 heavy (non-hydrogen) atoms. The predicted molar refractivity (Wildman–Crippen MR) is 78.3 cm³/mol. The fraction of sp³-hybridized carbons (Fsp3) is 0.400. The molecule has 1 fully saturated rings. The van der Waals surface area contributed by atoms with E-state index in [0.29, 0.717) is 16.3 Å². The van der Waals surface area contributed by atoms with E-state index in [9.17, 15) is 4.79 Å². The molecular weight excluding hydrogens is 311 g/mol. The van der Waals surface area contributed by atoms with Gasteiger partial charge in [0.2, 0.25) is 0 Å². The number of rotatable bonds is 3. The van der Waals surface area contributed by atoms with Crippen molar-refractivity contribution in [1.82, 2.24) is 4.90 Å². The van der Waals surface area contributed by atoms with Crippen molar-refractivity contribution in [3.8, 4) is 18.1 Å². The van der Waals surface area contributed by atoms with Crippen LogP contribution in [0.4, 0.5) is 0 Å². The minimum atomic E-state index is -0.0491. The van der Waals surface area contributed by atoms with E-state index in [2.05, 4.69) is 13.0 Å². The second-order valence-electron chi connectivity index (χ2n) is 4.88. The number of likely N-dealkylation sites (N-methyl/N-ethyl adjacent to an activating group) is 1. The Bertz CT molecular complexity index is 535. The van der Waals surface area contributed by atoms with Crippen molar-refractivity contribution in [2.24, 2.45) is 0 Å². The molecule has 0 spiro atoms. The van der Waals surface area contributed by atoms with Gasteiger partial charge in [0.05, 0.1) is 38.8 Å². The van der Waals surface area contributed by atoms with Gasteiger partial charge in [0.25, 0.3) is 5.91 Å². The van der Waals surface area contributed by atoms with Crippen molar-refractivity contribution in [1.29, 1.82) is 0 Å². The lowest BCUT2D eigenvalue weighted by Gasteiger charge is -2.30. The van der Waals surface area contributed by atoms with Crippen LogP contribution in [-0.2, 0) is 0 Å². The number of hydrogen-bond acceptors (Lipinski definition) is 2. The summed E-state index contributed by atoms with van der Waals surface area (Å²) in [7, 11) is 2.13. The van der Waals surface area contributed by atoms with Crippen LogP contribution in [0.2, 0.25) is 5.02 Å². The van der Waals surface area contributed by atoms with Gasteiger partial charge in [-0.25, -0.2) is 0 Å². The largest absolute Gasteiger partial charge is 1.00 e. The fourth-order valence-corrected chi connectivity index (χ4v) is 2.35. The smallest absolute Gasteiger partial charge is 0.258 e. The van der Waals surface area contributed by atoms with Crippen LogP contribution in [0.5, 0.6) is 5.75 Å². The number of benzene rings is 1. The number of halogens is 2. The van der Waals surface area contributed by atoms with Crippen LogP contribution < -0.4 is 22.0 Å². The zero-order valence-electron chi connectivity index (χ0n) is 11.9. The maximum Gasteiger partial charge on any atom is 0.258 e. The van der Waals surface area contributed by atoms with Crippen molar-refractivity contribution >= 4 is 17.5 Å². The summed E-state index contributed by atoms with van der Waals surface area (Å²) in [5, 5.41) is 0.515. The fourth-order valence-electron chi connectivity index (χ4n) is 2.18. The van der Waals surface area contributed by atoms with E-state index < -0.39 is 0 Å². The first-order valence-corrected chi connectivity index (χ1v) is 6.96. The number of quaternary nitrogens is 1. The molecule has 0 saturated carbocycles. The van der Waals surface area contributed by atoms with E-state index in [-0.39, 0.29) is 24.9 Å². The van der Waals surface area contributed by atoms with Crippen molar-refractivity contribution in [2.45, 2.75) is 0 Å². The molecule has 2 rings (SSSR count). The third kappa shape index (κ3) is 4.53. The Balaban J connectivity index is 0.00000220. The average Bonchev–Trinajstić information content (AvgIpc) is 2.46. The van der Waals surface area contributed by atoms with E-state index >= 15 is 0 Å². The maximum atomic E-state index is 12.6. The van der Waals surface area contributed by atoms with E-state index in [1.165, 1.54) is 4.90 Å². The molecule has 0 atom stereocenters. The molecule has 4 nitrogen and oxygen atoms in total. The predicted octanol–water partition coefficient (Wildman–Crippen LogP) is -2.67. The van der Waals surface area contributed by atoms with Crippen molar-refractivity contribution < 1.29 is 26.8 Å². The van der Waals surface area contributed by atoms with Gasteiger partial charge in [-0.15, -0.1) is 6.42 Å². The molecule has 1 N–H and O–H groups in total. The van der Waals surface area contributed by atoms with Gasteiger partial charge in [0, 0.05) is 5.02 Å². The molecule has 1 aromatic rings. The van der Waals surface area contributed by atoms with Crippen LogP contribution in [0.1, 0.15) is 10.4 Å². The molecule has 1 heterocycles. The van der Waals surface area contributed by atoms with Crippen molar-refractivity contribution in [2.75, 3.05) is 39.8 Å². The molecule has 1 aliphatic heterocycles. The first-order valence-electron chi connectivity index (χ1n) is 6.58. The summed E-state index contributed by atoms with van der Waals surface area (Å²) in [6.07, 6.45) is 5.19. The number of amides is 1. The Morgan fingerprint density at radius 1 is 1.48 bits per heavy atom. The Kier molecular flexibility index (Phi) is 6.83. The van der Waals surface area contributed by atoms with Gasteiger partial charge in [-0.1, -0.05) is 17.5 Å². The van der Waals surface area contributed by atoms with Gasteiger partial charge in [-0.2, -0.15) is 0 Å². The van der Waals surface area contributed by atoms with Crippen LogP contribution in [0, 0.1) is 12.3 Å². The molecule has 1 saturated heterocycles. The van der Waals surface area contributed by atoms with Crippen LogP contribution in [0.25, 0.3) is 0 Å². The standard InChI is InChI=1S/C15H17ClN2O2.ClH/c1-3-10-20-14-5-4-12(16)11-13(14)15(19)18-8-6-17(2)7-9-18;/h1,4-5,11H,6-10H2,2H3;1H. The summed E-state index contributed by atoms with van der Waals surface area (Å²) in [5.74, 6) is 2.84. The third-order valence-corrected chi connectivity index (χ3v) is 3.62. The van der Waals surface area contributed by atoms with E-state index in [1.54, 1.807) is 18.2 Å². The molecule has 114 valence electrons. The first kappa shape index (κ1) is 17.6. The van der Waals surface area contributed by atoms with Crippen LogP contribution in [0.15, 0.2) is 18.2 Å². The number of piperazine rings is 1. The Morgan fingerprint density at radius 2 is 2.14 bits per heavy atom. The Hall–Kier alpha value is -1.41. The summed E-state index contributed by atoms with van der Waals surface area (Å²) in [4.78, 5) is 15.8. The molecule has 0 bridgehead atoms. The molecule has 0 aliphatic carbocycles. The van der Waals surface area contributed by atoms with E-state index in [1.807, 2.05) is 4.90 Å². The molecule has 6 heteroatoms. The number of nitrogens with one attached hydrogen (secondary N) is 1. The molecule has 1 amide bonds. The molecule has 0 radical (unpaired) electrons. The van der Waals surface area contributed by atoms with E-state index in [4.69, 9.17) is 22.8 Å². The lowest BCUT2D eigenvalue weighted by Crippen LogP contribution is -3.12. The lowest BCUT2D eigenvalue weighted by molar-refractivity contribution is -0.883. The number of carbonyl (C=O) groups excluding carboxylic acids is 1. The van der Waals surface area contributed by atoms with Crippen LogP contribution >= 0.6 is 11.6 Å². The van der Waals surface area contributed by atoms with Crippen molar-refractivity contribution in [3.63, 3.8) is 0 Å². The topological polar surface area (TPSA) is 34.0 Å². The second kappa shape index (κ2) is 8.14. The first-order chi connectivity index (χ1) is 9.61. The SMILES string of the molecule is C#CCOc1ccc(Cl)cc1C(=O)N1CC[NH+](C)CC1.[Cl-]. The maximum absolute atomic E-state index is 12.6. The van der Waals surface area contributed by atoms with Crippen LogP contribution in [-0.4, -0.2) is 50.6 Å². The Labute approximate surface area is 136 Å². The Morgan fingerprint density at radius 3 is 2.76 bits per heavy atom. The highest BCUT2D eigenvalue weighted by molar-refractivity contribution is 6.31. The molecular formula is C15H18Cl2N2O2. The van der Waals surface area contributed by atoms with Crippen LogP contribution in [0.3, 0.4) is 0 Å². The minimum absolute atomic E-state index is 0. The highest BCUT2D eigenvalue weighted by Crippen LogP contribution is 2.24. The summed E-state index contributed by atoms with van der Waals surface area (Å²) in [6.45, 7) is 3.52. The number of terminal acetylenes is 1. The summed E-state index contributed by atoms with van der Waals surface area (Å²) >= 11 is 5.99. The molecule has 1 aliphatic rings. The van der Waals surface area contributed by atoms with Gasteiger partial charge in [0.15, 0.2) is 0 Å². The summed E-state index contributed by atoms with van der Waals surface area (Å²) in [6, 6.07) is 5.02.